The van der Waals surface area contributed by atoms with Crippen molar-refractivity contribution in [3.63, 3.8) is 0 Å². The van der Waals surface area contributed by atoms with Crippen LogP contribution in [0, 0.1) is 11.3 Å². The first kappa shape index (κ1) is 21.3. The molecule has 0 saturated heterocycles. The number of aryl methyl sites for hydroxylation is 3. The number of ether oxygens (including phenoxy) is 1. The maximum atomic E-state index is 12.4. The lowest BCUT2D eigenvalue weighted by Crippen LogP contribution is -2.08. The van der Waals surface area contributed by atoms with Gasteiger partial charge in [0.25, 0.3) is 0 Å². The topological polar surface area (TPSA) is 50.1 Å². The van der Waals surface area contributed by atoms with Gasteiger partial charge in [-0.05, 0) is 78.8 Å². The van der Waals surface area contributed by atoms with Crippen molar-refractivity contribution >= 4 is 5.97 Å². The summed E-state index contributed by atoms with van der Waals surface area (Å²) in [5.41, 5.74) is 4.88. The van der Waals surface area contributed by atoms with E-state index < -0.39 is 0 Å². The van der Waals surface area contributed by atoms with E-state index in [1.165, 1.54) is 36.0 Å². The van der Waals surface area contributed by atoms with E-state index in [-0.39, 0.29) is 5.97 Å². The molecule has 0 aliphatic carbocycles. The van der Waals surface area contributed by atoms with Crippen molar-refractivity contribution in [1.82, 2.24) is 0 Å². The van der Waals surface area contributed by atoms with E-state index in [4.69, 9.17) is 10.00 Å². The number of carbonyl (C=O) groups is 1. The second kappa shape index (κ2) is 11.0. The van der Waals surface area contributed by atoms with E-state index in [9.17, 15) is 4.79 Å². The molecule has 30 heavy (non-hydrogen) atoms. The van der Waals surface area contributed by atoms with Crippen molar-refractivity contribution in [3.8, 4) is 11.8 Å². The van der Waals surface area contributed by atoms with Gasteiger partial charge in [-0.1, -0.05) is 56.2 Å². The van der Waals surface area contributed by atoms with Crippen LogP contribution in [-0.2, 0) is 19.3 Å². The maximum Gasteiger partial charge on any atom is 0.343 e. The molecule has 0 saturated carbocycles. The van der Waals surface area contributed by atoms with Crippen LogP contribution in [0.5, 0.6) is 5.75 Å². The van der Waals surface area contributed by atoms with Gasteiger partial charge in [0.2, 0.25) is 0 Å². The lowest BCUT2D eigenvalue weighted by atomic mass is 10.0. The number of hydrogen-bond donors (Lipinski definition) is 0. The third-order valence-corrected chi connectivity index (χ3v) is 5.18. The van der Waals surface area contributed by atoms with Gasteiger partial charge in [-0.25, -0.2) is 4.79 Å². The Bertz CT molecular complexity index is 981. The number of benzene rings is 3. The minimum absolute atomic E-state index is 0.333. The van der Waals surface area contributed by atoms with Gasteiger partial charge in [0.1, 0.15) is 5.75 Å². The van der Waals surface area contributed by atoms with Crippen molar-refractivity contribution in [2.75, 3.05) is 0 Å². The Morgan fingerprint density at radius 2 is 1.30 bits per heavy atom. The Balaban J connectivity index is 1.50. The molecule has 0 spiro atoms. The molecular weight excluding hydrogens is 370 g/mol. The number of hydrogen-bond acceptors (Lipinski definition) is 3. The standard InChI is InChI=1S/C27H27NO2/c1-2-3-4-5-21-12-16-25(17-13-21)27(29)30-26-18-14-23(15-19-26)7-6-22-8-10-24(20-28)11-9-22/h8-19H,2-7H2,1H3. The third-order valence-electron chi connectivity index (χ3n) is 5.18. The molecule has 3 heteroatoms. The SMILES string of the molecule is CCCCCc1ccc(C(=O)Oc2ccc(CCc3ccc(C#N)cc3)cc2)cc1. The van der Waals surface area contributed by atoms with Gasteiger partial charge in [0.15, 0.2) is 0 Å². The molecule has 3 rings (SSSR count). The first-order valence-corrected chi connectivity index (χ1v) is 10.6. The monoisotopic (exact) mass is 397 g/mol. The molecule has 0 heterocycles. The Labute approximate surface area is 178 Å². The van der Waals surface area contributed by atoms with Gasteiger partial charge in [-0.2, -0.15) is 5.26 Å². The Morgan fingerprint density at radius 1 is 0.767 bits per heavy atom. The zero-order valence-electron chi connectivity index (χ0n) is 17.4. The van der Waals surface area contributed by atoms with Gasteiger partial charge in [0, 0.05) is 0 Å². The fourth-order valence-corrected chi connectivity index (χ4v) is 3.31. The fourth-order valence-electron chi connectivity index (χ4n) is 3.31. The highest BCUT2D eigenvalue weighted by Crippen LogP contribution is 2.17. The Kier molecular flexibility index (Phi) is 7.80. The average molecular weight is 398 g/mol. The highest BCUT2D eigenvalue weighted by molar-refractivity contribution is 5.91. The summed E-state index contributed by atoms with van der Waals surface area (Å²) in [5.74, 6) is 0.217. The van der Waals surface area contributed by atoms with E-state index in [0.29, 0.717) is 16.9 Å². The summed E-state index contributed by atoms with van der Waals surface area (Å²) < 4.78 is 5.51. The van der Waals surface area contributed by atoms with E-state index in [0.717, 1.165) is 19.3 Å². The highest BCUT2D eigenvalue weighted by Gasteiger charge is 2.09. The molecule has 0 bridgehead atoms. The molecule has 3 aromatic carbocycles. The first-order valence-electron chi connectivity index (χ1n) is 10.6. The van der Waals surface area contributed by atoms with Crippen molar-refractivity contribution in [3.05, 3.63) is 101 Å². The average Bonchev–Trinajstić information content (AvgIpc) is 2.79. The third kappa shape index (κ3) is 6.32. The molecule has 0 N–H and O–H groups in total. The van der Waals surface area contributed by atoms with Gasteiger partial charge in [-0.15, -0.1) is 0 Å². The molecule has 0 unspecified atom stereocenters. The van der Waals surface area contributed by atoms with Crippen LogP contribution in [-0.4, -0.2) is 5.97 Å². The van der Waals surface area contributed by atoms with E-state index in [1.807, 2.05) is 72.8 Å². The summed E-state index contributed by atoms with van der Waals surface area (Å²) in [6.45, 7) is 2.20. The van der Waals surface area contributed by atoms with Crippen molar-refractivity contribution in [2.45, 2.75) is 45.4 Å². The molecule has 0 aromatic heterocycles. The van der Waals surface area contributed by atoms with Crippen molar-refractivity contribution in [2.24, 2.45) is 0 Å². The van der Waals surface area contributed by atoms with Crippen LogP contribution >= 0.6 is 0 Å². The van der Waals surface area contributed by atoms with Crippen LogP contribution < -0.4 is 4.74 Å². The zero-order valence-corrected chi connectivity index (χ0v) is 17.4. The van der Waals surface area contributed by atoms with Gasteiger partial charge in [-0.3, -0.25) is 0 Å². The van der Waals surface area contributed by atoms with Crippen LogP contribution in [0.4, 0.5) is 0 Å². The summed E-state index contributed by atoms with van der Waals surface area (Å²) in [6, 6.07) is 25.2. The molecular formula is C27H27NO2. The number of rotatable bonds is 9. The van der Waals surface area contributed by atoms with Gasteiger partial charge < -0.3 is 4.74 Å². The number of nitrogens with zero attached hydrogens (tertiary/aromatic N) is 1. The lowest BCUT2D eigenvalue weighted by Gasteiger charge is -2.07. The Morgan fingerprint density at radius 3 is 1.87 bits per heavy atom. The lowest BCUT2D eigenvalue weighted by molar-refractivity contribution is 0.0734. The van der Waals surface area contributed by atoms with Crippen LogP contribution in [0.25, 0.3) is 0 Å². The fraction of sp³-hybridized carbons (Fsp3) is 0.259. The van der Waals surface area contributed by atoms with E-state index in [2.05, 4.69) is 13.0 Å². The molecule has 0 aliphatic rings. The summed E-state index contributed by atoms with van der Waals surface area (Å²) in [4.78, 5) is 12.4. The summed E-state index contributed by atoms with van der Waals surface area (Å²) >= 11 is 0. The largest absolute Gasteiger partial charge is 0.423 e. The van der Waals surface area contributed by atoms with Crippen molar-refractivity contribution < 1.29 is 9.53 Å². The molecule has 0 aliphatic heterocycles. The number of unbranched alkanes of at least 4 members (excludes halogenated alkanes) is 2. The number of nitriles is 1. The highest BCUT2D eigenvalue weighted by atomic mass is 16.5. The molecule has 3 nitrogen and oxygen atoms in total. The molecule has 3 aromatic rings. The molecule has 0 atom stereocenters. The Hall–Kier alpha value is -3.38. The number of carbonyl (C=O) groups excluding carboxylic acids is 1. The number of esters is 1. The van der Waals surface area contributed by atoms with Crippen molar-refractivity contribution in [1.29, 1.82) is 5.26 Å². The van der Waals surface area contributed by atoms with E-state index in [1.54, 1.807) is 0 Å². The minimum Gasteiger partial charge on any atom is -0.423 e. The van der Waals surface area contributed by atoms with E-state index >= 15 is 0 Å². The summed E-state index contributed by atoms with van der Waals surface area (Å²) in [5, 5.41) is 8.86. The predicted molar refractivity (Wildman–Crippen MR) is 120 cm³/mol. The van der Waals surface area contributed by atoms with Crippen LogP contribution in [0.2, 0.25) is 0 Å². The van der Waals surface area contributed by atoms with Crippen LogP contribution in [0.1, 0.15) is 58.8 Å². The normalized spacial score (nSPS) is 10.4. The molecule has 0 radical (unpaired) electrons. The predicted octanol–water partition coefficient (Wildman–Crippen LogP) is 6.30. The maximum absolute atomic E-state index is 12.4. The second-order valence-electron chi connectivity index (χ2n) is 7.50. The molecule has 0 amide bonds. The first-order chi connectivity index (χ1) is 14.7. The van der Waals surface area contributed by atoms with Crippen LogP contribution in [0.15, 0.2) is 72.8 Å². The summed E-state index contributed by atoms with van der Waals surface area (Å²) in [6.07, 6.45) is 6.45. The van der Waals surface area contributed by atoms with Gasteiger partial charge >= 0.3 is 5.97 Å². The summed E-state index contributed by atoms with van der Waals surface area (Å²) in [7, 11) is 0. The quantitative estimate of drug-likeness (QED) is 0.242. The second-order valence-corrected chi connectivity index (χ2v) is 7.50. The van der Waals surface area contributed by atoms with Crippen LogP contribution in [0.3, 0.4) is 0 Å². The smallest absolute Gasteiger partial charge is 0.343 e. The van der Waals surface area contributed by atoms with Gasteiger partial charge in [0.05, 0.1) is 17.2 Å². The molecule has 0 fully saturated rings. The minimum atomic E-state index is -0.333. The zero-order chi connectivity index (χ0) is 21.2. The molecule has 152 valence electrons.